The monoisotopic (exact) mass is 203 g/mol. The smallest absolute Gasteiger partial charge is 0.408 e. The van der Waals surface area contributed by atoms with Crippen LogP contribution in [0.25, 0.3) is 0 Å². The molecule has 0 saturated heterocycles. The third-order valence-corrected chi connectivity index (χ3v) is 1.44. The molecule has 0 saturated carbocycles. The molecule has 0 radical (unpaired) electrons. The van der Waals surface area contributed by atoms with Gasteiger partial charge in [0.1, 0.15) is 11.6 Å². The Morgan fingerprint density at radius 1 is 1.36 bits per heavy atom. The normalized spacial score (nSPS) is 13.2. The van der Waals surface area contributed by atoms with E-state index >= 15 is 0 Å². The number of nitrogens with two attached hydrogens (primary N) is 1. The van der Waals surface area contributed by atoms with Gasteiger partial charge in [0.15, 0.2) is 0 Å². The van der Waals surface area contributed by atoms with Gasteiger partial charge in [-0.25, -0.2) is 9.59 Å². The molecule has 0 aliphatic rings. The summed E-state index contributed by atoms with van der Waals surface area (Å²) >= 11 is 0. The average Bonchev–Trinajstić information content (AvgIpc) is 1.99. The number of hydrogen-bond acceptors (Lipinski definition) is 3. The summed E-state index contributed by atoms with van der Waals surface area (Å²) in [5.41, 5.74) is -0.539. The summed E-state index contributed by atoms with van der Waals surface area (Å²) in [5.74, 6) is -0.129. The summed E-state index contributed by atoms with van der Waals surface area (Å²) in [5, 5.41) is 3.86. The van der Waals surface area contributed by atoms with Gasteiger partial charge >= 0.3 is 12.0 Å². The average molecular weight is 203 g/mol. The van der Waals surface area contributed by atoms with Crippen molar-refractivity contribution in [2.45, 2.75) is 39.3 Å². The van der Waals surface area contributed by atoms with Gasteiger partial charge in [0.25, 0.3) is 0 Å². The fraction of sp³-hybridized carbons (Fsp3) is 0.778. The maximum absolute atomic E-state index is 11.2. The summed E-state index contributed by atoms with van der Waals surface area (Å²) < 4.78 is 4.99. The van der Waals surface area contributed by atoms with E-state index in [-0.39, 0.29) is 5.91 Å². The van der Waals surface area contributed by atoms with Crippen LogP contribution in [-0.2, 0) is 9.53 Å². The second-order valence-electron chi connectivity index (χ2n) is 4.06. The lowest BCUT2D eigenvalue weighted by Crippen LogP contribution is -2.87. The van der Waals surface area contributed by atoms with Gasteiger partial charge in [-0.2, -0.15) is 0 Å². The van der Waals surface area contributed by atoms with Crippen LogP contribution in [0.5, 0.6) is 0 Å². The van der Waals surface area contributed by atoms with Crippen molar-refractivity contribution < 1.29 is 19.6 Å². The van der Waals surface area contributed by atoms with Crippen LogP contribution in [0.4, 0.5) is 4.79 Å². The van der Waals surface area contributed by atoms with Crippen molar-refractivity contribution in [1.29, 1.82) is 0 Å². The summed E-state index contributed by atoms with van der Waals surface area (Å²) in [6, 6.07) is -0.533. The number of hydrogen-bond donors (Lipinski definition) is 2. The number of rotatable bonds is 2. The number of quaternary nitrogens is 1. The molecule has 0 bridgehead atoms. The zero-order chi connectivity index (χ0) is 11.4. The topological polar surface area (TPSA) is 72.0 Å². The summed E-state index contributed by atoms with van der Waals surface area (Å²) in [6.07, 6.45) is -0.569. The lowest BCUT2D eigenvalue weighted by Gasteiger charge is -2.20. The van der Waals surface area contributed by atoms with E-state index in [0.717, 1.165) is 0 Å². The molecule has 0 spiro atoms. The highest BCUT2D eigenvalue weighted by Gasteiger charge is 2.21. The number of likely N-dealkylation sites (N-methyl/N-ethyl adjacent to an activating group) is 1. The van der Waals surface area contributed by atoms with E-state index in [0.29, 0.717) is 0 Å². The maximum atomic E-state index is 11.2. The second-order valence-corrected chi connectivity index (χ2v) is 4.06. The second kappa shape index (κ2) is 4.95. The quantitative estimate of drug-likeness (QED) is 0.642. The highest BCUT2D eigenvalue weighted by Crippen LogP contribution is 2.06. The molecule has 0 aliphatic carbocycles. The van der Waals surface area contributed by atoms with E-state index in [2.05, 4.69) is 5.32 Å². The lowest BCUT2D eigenvalue weighted by molar-refractivity contribution is -0.540. The third-order valence-electron chi connectivity index (χ3n) is 1.44. The van der Waals surface area contributed by atoms with Gasteiger partial charge in [-0.05, 0) is 27.7 Å². The van der Waals surface area contributed by atoms with Crippen molar-refractivity contribution in [3.8, 4) is 0 Å². The summed E-state index contributed by atoms with van der Waals surface area (Å²) in [6.45, 7) is 6.92. The van der Waals surface area contributed by atoms with E-state index in [1.165, 1.54) is 5.32 Å². The zero-order valence-electron chi connectivity index (χ0n) is 9.38. The predicted octanol–water partition coefficient (Wildman–Crippen LogP) is -0.381. The van der Waals surface area contributed by atoms with Crippen molar-refractivity contribution in [1.82, 2.24) is 5.32 Å². The van der Waals surface area contributed by atoms with Crippen molar-refractivity contribution >= 4 is 12.0 Å². The Bertz CT molecular complexity index is 221. The van der Waals surface area contributed by atoms with Gasteiger partial charge in [-0.15, -0.1) is 0 Å². The van der Waals surface area contributed by atoms with Crippen LogP contribution in [0.1, 0.15) is 27.7 Å². The third kappa shape index (κ3) is 5.53. The van der Waals surface area contributed by atoms with Gasteiger partial charge in [0.2, 0.25) is 0 Å². The summed E-state index contributed by atoms with van der Waals surface area (Å²) in [7, 11) is 1.63. The van der Waals surface area contributed by atoms with Gasteiger partial charge in [-0.3, -0.25) is 5.32 Å². The molecule has 5 heteroatoms. The molecular weight excluding hydrogens is 184 g/mol. The minimum Gasteiger partial charge on any atom is -0.444 e. The first-order valence-electron chi connectivity index (χ1n) is 4.59. The number of primary amides is 1. The van der Waals surface area contributed by atoms with E-state index in [4.69, 9.17) is 4.74 Å². The number of carbonyl (C=O) groups excluding carboxylic acids is 2. The molecule has 0 aromatic carbocycles. The van der Waals surface area contributed by atoms with E-state index in [1.54, 1.807) is 34.7 Å². The first-order valence-corrected chi connectivity index (χ1v) is 4.59. The molecule has 14 heavy (non-hydrogen) atoms. The highest BCUT2D eigenvalue weighted by atomic mass is 16.6. The van der Waals surface area contributed by atoms with Crippen LogP contribution in [0.3, 0.4) is 0 Å². The van der Waals surface area contributed by atoms with Gasteiger partial charge in [0, 0.05) is 0 Å². The molecule has 82 valence electrons. The van der Waals surface area contributed by atoms with Crippen molar-refractivity contribution in [2.24, 2.45) is 0 Å². The molecule has 0 heterocycles. The molecule has 1 atom stereocenters. The molecule has 2 amide bonds. The van der Waals surface area contributed by atoms with E-state index in [1.807, 2.05) is 0 Å². The molecule has 1 unspecified atom stereocenters. The number of carbonyl (C=O) groups is 2. The minimum absolute atomic E-state index is 0.129. The Morgan fingerprint density at radius 2 is 1.86 bits per heavy atom. The first-order chi connectivity index (χ1) is 6.26. The molecular formula is C9H19N2O3+. The standard InChI is InChI=1S/C9H18N2O3/c1-6(7(12)10-5)11-8(13)14-9(2,3)4/h6H,1-5H3,(H,10,12)(H,11,13)/p+1. The van der Waals surface area contributed by atoms with Crippen molar-refractivity contribution in [2.75, 3.05) is 7.05 Å². The molecule has 3 N–H and O–H groups in total. The molecule has 0 fully saturated rings. The van der Waals surface area contributed by atoms with Crippen LogP contribution in [0.2, 0.25) is 0 Å². The SMILES string of the molecule is C[NH2+]C(=O)C(C)NC(=O)OC(C)(C)C. The maximum Gasteiger partial charge on any atom is 0.408 e. The first kappa shape index (κ1) is 12.9. The Balaban J connectivity index is 4.01. The Labute approximate surface area is 84.2 Å². The number of amides is 2. The lowest BCUT2D eigenvalue weighted by atomic mass is 10.2. The number of nitrogens with one attached hydrogen (secondary N) is 1. The highest BCUT2D eigenvalue weighted by molar-refractivity contribution is 5.78. The number of alkyl carbamates (subject to hydrolysis) is 1. The molecule has 0 rings (SSSR count). The molecule has 0 aromatic heterocycles. The van der Waals surface area contributed by atoms with Gasteiger partial charge < -0.3 is 10.1 Å². The van der Waals surface area contributed by atoms with Gasteiger partial charge in [-0.1, -0.05) is 0 Å². The van der Waals surface area contributed by atoms with Gasteiger partial charge in [0.05, 0.1) is 7.05 Å². The minimum atomic E-state index is -0.569. The van der Waals surface area contributed by atoms with Crippen LogP contribution >= 0.6 is 0 Å². The molecule has 0 aromatic rings. The number of ether oxygens (including phenoxy) is 1. The van der Waals surface area contributed by atoms with Crippen LogP contribution in [0, 0.1) is 0 Å². The fourth-order valence-electron chi connectivity index (χ4n) is 0.805. The van der Waals surface area contributed by atoms with Crippen molar-refractivity contribution in [3.63, 3.8) is 0 Å². The van der Waals surface area contributed by atoms with E-state index < -0.39 is 17.7 Å². The summed E-state index contributed by atoms with van der Waals surface area (Å²) in [4.78, 5) is 22.3. The molecule has 0 aliphatic heterocycles. The van der Waals surface area contributed by atoms with Crippen LogP contribution < -0.4 is 10.6 Å². The van der Waals surface area contributed by atoms with Crippen LogP contribution in [0.15, 0.2) is 0 Å². The zero-order valence-corrected chi connectivity index (χ0v) is 9.38. The largest absolute Gasteiger partial charge is 0.444 e. The Morgan fingerprint density at radius 3 is 2.21 bits per heavy atom. The predicted molar refractivity (Wildman–Crippen MR) is 51.7 cm³/mol. The Hall–Kier alpha value is -1.10. The Kier molecular flexibility index (Phi) is 4.56. The van der Waals surface area contributed by atoms with Crippen LogP contribution in [-0.4, -0.2) is 30.7 Å². The van der Waals surface area contributed by atoms with Crippen molar-refractivity contribution in [3.05, 3.63) is 0 Å². The molecule has 5 nitrogen and oxygen atoms in total. The fourth-order valence-corrected chi connectivity index (χ4v) is 0.805. The van der Waals surface area contributed by atoms with E-state index in [9.17, 15) is 9.59 Å².